The number of anilines is 2. The van der Waals surface area contributed by atoms with Crippen molar-refractivity contribution in [3.63, 3.8) is 0 Å². The first-order chi connectivity index (χ1) is 15.9. The van der Waals surface area contributed by atoms with E-state index in [9.17, 15) is 18.0 Å². The number of amides is 2. The Morgan fingerprint density at radius 2 is 1.73 bits per heavy atom. The smallest absolute Gasteiger partial charge is 0.247 e. The molecule has 9 heteroatoms. The molecule has 0 radical (unpaired) electrons. The molecule has 0 saturated carbocycles. The minimum atomic E-state index is -4.05. The van der Waals surface area contributed by atoms with E-state index in [1.165, 1.54) is 12.1 Å². The molecule has 0 spiro atoms. The molecular weight excluding hydrogens is 442 g/mol. The summed E-state index contributed by atoms with van der Waals surface area (Å²) in [5, 5.41) is 5.48. The summed E-state index contributed by atoms with van der Waals surface area (Å²) in [6.45, 7) is 0. The van der Waals surface area contributed by atoms with Gasteiger partial charge in [-0.15, -0.1) is 0 Å². The molecule has 1 unspecified atom stereocenters. The van der Waals surface area contributed by atoms with Crippen molar-refractivity contribution >= 4 is 33.2 Å². The predicted octanol–water partition coefficient (Wildman–Crippen LogP) is 3.24. The lowest BCUT2D eigenvalue weighted by atomic mass is 10.0. The number of benzene rings is 3. The van der Waals surface area contributed by atoms with Gasteiger partial charge in [0.1, 0.15) is 11.8 Å². The number of carbonyl (C=O) groups excluding carboxylic acids is 2. The first-order valence-corrected chi connectivity index (χ1v) is 11.8. The van der Waals surface area contributed by atoms with E-state index in [0.717, 1.165) is 5.56 Å². The van der Waals surface area contributed by atoms with Gasteiger partial charge in [-0.2, -0.15) is 4.72 Å². The summed E-state index contributed by atoms with van der Waals surface area (Å²) < 4.78 is 34.1. The monoisotopic (exact) mass is 465 g/mol. The van der Waals surface area contributed by atoms with E-state index in [1.807, 2.05) is 0 Å². The molecule has 0 fully saturated rings. The highest BCUT2D eigenvalue weighted by atomic mass is 32.2. The van der Waals surface area contributed by atoms with Crippen molar-refractivity contribution in [2.75, 3.05) is 17.7 Å². The van der Waals surface area contributed by atoms with Crippen LogP contribution >= 0.6 is 0 Å². The molecule has 0 saturated heterocycles. The van der Waals surface area contributed by atoms with Gasteiger partial charge < -0.3 is 15.4 Å². The van der Waals surface area contributed by atoms with Gasteiger partial charge in [0, 0.05) is 17.8 Å². The Balaban J connectivity index is 1.61. The second-order valence-corrected chi connectivity index (χ2v) is 9.26. The summed E-state index contributed by atoms with van der Waals surface area (Å²) in [7, 11) is -2.50. The van der Waals surface area contributed by atoms with Crippen LogP contribution in [0.15, 0.2) is 77.7 Å². The molecule has 1 aliphatic heterocycles. The lowest BCUT2D eigenvalue weighted by Gasteiger charge is -2.21. The number of hydrogen-bond donors (Lipinski definition) is 3. The Labute approximate surface area is 192 Å². The van der Waals surface area contributed by atoms with Crippen molar-refractivity contribution < 1.29 is 22.7 Å². The van der Waals surface area contributed by atoms with Gasteiger partial charge in [0.15, 0.2) is 0 Å². The molecule has 0 aliphatic carbocycles. The fourth-order valence-electron chi connectivity index (χ4n) is 3.56. The number of nitrogens with one attached hydrogen (secondary N) is 3. The Morgan fingerprint density at radius 3 is 2.42 bits per heavy atom. The van der Waals surface area contributed by atoms with Crippen molar-refractivity contribution in [2.24, 2.45) is 0 Å². The predicted molar refractivity (Wildman–Crippen MR) is 125 cm³/mol. The van der Waals surface area contributed by atoms with E-state index in [-0.39, 0.29) is 10.8 Å². The Hall–Kier alpha value is -3.69. The molecule has 0 aromatic heterocycles. The number of hydrogen-bond acceptors (Lipinski definition) is 5. The van der Waals surface area contributed by atoms with E-state index in [2.05, 4.69) is 15.4 Å². The number of carbonyl (C=O) groups is 2. The van der Waals surface area contributed by atoms with Crippen LogP contribution in [-0.4, -0.2) is 27.3 Å². The van der Waals surface area contributed by atoms with Crippen molar-refractivity contribution in [1.29, 1.82) is 0 Å². The van der Waals surface area contributed by atoms with Gasteiger partial charge in [-0.05, 0) is 60.0 Å². The zero-order chi connectivity index (χ0) is 23.4. The maximum absolute atomic E-state index is 13.2. The summed E-state index contributed by atoms with van der Waals surface area (Å²) >= 11 is 0. The quantitative estimate of drug-likeness (QED) is 0.496. The average Bonchev–Trinajstić information content (AvgIpc) is 2.83. The van der Waals surface area contributed by atoms with Crippen molar-refractivity contribution in [1.82, 2.24) is 4.72 Å². The van der Waals surface area contributed by atoms with Crippen LogP contribution in [0.2, 0.25) is 0 Å². The average molecular weight is 466 g/mol. The highest BCUT2D eigenvalue weighted by molar-refractivity contribution is 7.89. The summed E-state index contributed by atoms with van der Waals surface area (Å²) in [6, 6.07) is 18.7. The SMILES string of the molecule is COc1ccc(NC(=O)C(NS(=O)(=O)c2ccc3c(c2)CCC(=O)N3)c2ccccc2)cc1. The first-order valence-electron chi connectivity index (χ1n) is 10.3. The number of sulfonamides is 1. The third kappa shape index (κ3) is 5.21. The first kappa shape index (κ1) is 22.5. The fraction of sp³-hybridized carbons (Fsp3) is 0.167. The Morgan fingerprint density at radius 1 is 1.00 bits per heavy atom. The normalized spacial score (nSPS) is 14.0. The summed E-state index contributed by atoms with van der Waals surface area (Å²) in [5.74, 6) is 0.00709. The summed E-state index contributed by atoms with van der Waals surface area (Å²) in [6.07, 6.45) is 0.742. The largest absolute Gasteiger partial charge is 0.497 e. The number of rotatable bonds is 7. The highest BCUT2D eigenvalue weighted by Gasteiger charge is 2.28. The van der Waals surface area contributed by atoms with Gasteiger partial charge in [0.25, 0.3) is 0 Å². The molecule has 33 heavy (non-hydrogen) atoms. The number of methoxy groups -OCH3 is 1. The van der Waals surface area contributed by atoms with E-state index in [0.29, 0.717) is 35.5 Å². The summed E-state index contributed by atoms with van der Waals surface area (Å²) in [4.78, 5) is 24.7. The van der Waals surface area contributed by atoms with Crippen molar-refractivity contribution in [2.45, 2.75) is 23.8 Å². The molecule has 3 aromatic carbocycles. The number of ether oxygens (including phenoxy) is 1. The second kappa shape index (κ2) is 9.43. The van der Waals surface area contributed by atoms with Crippen LogP contribution in [0.4, 0.5) is 11.4 Å². The minimum absolute atomic E-state index is 0.0237. The van der Waals surface area contributed by atoms with Gasteiger partial charge in [0.05, 0.1) is 12.0 Å². The van der Waals surface area contributed by atoms with E-state index < -0.39 is 22.0 Å². The van der Waals surface area contributed by atoms with Gasteiger partial charge in [0.2, 0.25) is 21.8 Å². The van der Waals surface area contributed by atoms with Gasteiger partial charge in [-0.25, -0.2) is 8.42 Å². The molecule has 170 valence electrons. The Kier molecular flexibility index (Phi) is 6.43. The lowest BCUT2D eigenvalue weighted by Crippen LogP contribution is -2.37. The second-order valence-electron chi connectivity index (χ2n) is 7.55. The van der Waals surface area contributed by atoms with Crippen molar-refractivity contribution in [3.8, 4) is 5.75 Å². The van der Waals surface area contributed by atoms with Gasteiger partial charge >= 0.3 is 0 Å². The van der Waals surface area contributed by atoms with Gasteiger partial charge in [-0.1, -0.05) is 30.3 Å². The maximum atomic E-state index is 13.2. The molecular formula is C24H23N3O5S. The summed E-state index contributed by atoms with van der Waals surface area (Å²) in [5.41, 5.74) is 2.33. The topological polar surface area (TPSA) is 114 Å². The molecule has 2 amide bonds. The molecule has 4 rings (SSSR count). The third-order valence-electron chi connectivity index (χ3n) is 5.31. The van der Waals surface area contributed by atoms with E-state index in [1.54, 1.807) is 67.8 Å². The van der Waals surface area contributed by atoms with Crippen molar-refractivity contribution in [3.05, 3.63) is 83.9 Å². The van der Waals surface area contributed by atoms with Crippen LogP contribution in [0, 0.1) is 0 Å². The van der Waals surface area contributed by atoms with Crippen LogP contribution in [0.1, 0.15) is 23.6 Å². The minimum Gasteiger partial charge on any atom is -0.497 e. The van der Waals surface area contributed by atoms with Crippen LogP contribution in [0.3, 0.4) is 0 Å². The van der Waals surface area contributed by atoms with E-state index in [4.69, 9.17) is 4.74 Å². The standard InChI is InChI=1S/C24H23N3O5S/c1-32-19-10-8-18(9-11-19)25-24(29)23(16-5-3-2-4-6-16)27-33(30,31)20-12-13-21-17(15-20)7-14-22(28)26-21/h2-6,8-13,15,23,27H,7,14H2,1H3,(H,25,29)(H,26,28). The number of aryl methyl sites for hydroxylation is 1. The Bertz CT molecular complexity index is 1280. The molecule has 3 aromatic rings. The zero-order valence-corrected chi connectivity index (χ0v) is 18.7. The van der Waals surface area contributed by atoms with Crippen LogP contribution in [0.5, 0.6) is 5.75 Å². The van der Waals surface area contributed by atoms with Crippen LogP contribution in [0.25, 0.3) is 0 Å². The molecule has 1 aliphatic rings. The highest BCUT2D eigenvalue weighted by Crippen LogP contribution is 2.27. The van der Waals surface area contributed by atoms with Gasteiger partial charge in [-0.3, -0.25) is 9.59 Å². The van der Waals surface area contributed by atoms with E-state index >= 15 is 0 Å². The number of fused-ring (bicyclic) bond motifs is 1. The molecule has 1 atom stereocenters. The zero-order valence-electron chi connectivity index (χ0n) is 17.9. The fourth-order valence-corrected chi connectivity index (χ4v) is 4.79. The molecule has 1 heterocycles. The maximum Gasteiger partial charge on any atom is 0.247 e. The molecule has 8 nitrogen and oxygen atoms in total. The third-order valence-corrected chi connectivity index (χ3v) is 6.73. The lowest BCUT2D eigenvalue weighted by molar-refractivity contribution is -0.118. The van der Waals surface area contributed by atoms with Crippen LogP contribution < -0.4 is 20.1 Å². The molecule has 0 bridgehead atoms. The van der Waals surface area contributed by atoms with Crippen LogP contribution in [-0.2, 0) is 26.0 Å². The molecule has 3 N–H and O–H groups in total.